The molecule has 2 atom stereocenters. The highest BCUT2D eigenvalue weighted by atomic mass is 16.6. The van der Waals surface area contributed by atoms with Crippen LogP contribution >= 0.6 is 0 Å². The van der Waals surface area contributed by atoms with Gasteiger partial charge in [0.25, 0.3) is 0 Å². The summed E-state index contributed by atoms with van der Waals surface area (Å²) >= 11 is 0. The summed E-state index contributed by atoms with van der Waals surface area (Å²) in [5, 5.41) is 9.66. The van der Waals surface area contributed by atoms with Crippen LogP contribution in [0.25, 0.3) is 0 Å². The zero-order chi connectivity index (χ0) is 10.3. The van der Waals surface area contributed by atoms with Gasteiger partial charge in [-0.15, -0.1) is 0 Å². The molecule has 0 aliphatic carbocycles. The summed E-state index contributed by atoms with van der Waals surface area (Å²) in [4.78, 5) is 0. The van der Waals surface area contributed by atoms with E-state index in [1.165, 1.54) is 11.1 Å². The first-order chi connectivity index (χ1) is 6.56. The highest BCUT2D eigenvalue weighted by Crippen LogP contribution is 2.43. The summed E-state index contributed by atoms with van der Waals surface area (Å²) in [6.07, 6.45) is -0.441. The monoisotopic (exact) mass is 192 g/mol. The fourth-order valence-electron chi connectivity index (χ4n) is 1.99. The molecule has 1 aliphatic rings. The van der Waals surface area contributed by atoms with Crippen molar-refractivity contribution in [2.75, 3.05) is 6.61 Å². The summed E-state index contributed by atoms with van der Waals surface area (Å²) in [6, 6.07) is 6.25. The van der Waals surface area contributed by atoms with E-state index in [0.29, 0.717) is 6.61 Å². The van der Waals surface area contributed by atoms with E-state index in [1.54, 1.807) is 6.92 Å². The molecule has 0 amide bonds. The molecule has 1 saturated heterocycles. The van der Waals surface area contributed by atoms with Crippen LogP contribution < -0.4 is 0 Å². The number of epoxide rings is 1. The molecule has 1 heterocycles. The Morgan fingerprint density at radius 1 is 1.43 bits per heavy atom. The van der Waals surface area contributed by atoms with Crippen LogP contribution in [0, 0.1) is 13.8 Å². The molecule has 1 aromatic carbocycles. The second kappa shape index (κ2) is 3.07. The minimum absolute atomic E-state index is 0.419. The number of aliphatic hydroxyl groups excluding tert-OH is 1. The first-order valence-electron chi connectivity index (χ1n) is 4.96. The Balaban J connectivity index is 2.42. The number of hydrogen-bond donors (Lipinski definition) is 1. The predicted octanol–water partition coefficient (Wildman–Crippen LogP) is 1.91. The first-order valence-corrected chi connectivity index (χ1v) is 4.96. The molecule has 1 aliphatic heterocycles. The van der Waals surface area contributed by atoms with Gasteiger partial charge in [-0.05, 0) is 31.9 Å². The summed E-state index contributed by atoms with van der Waals surface area (Å²) < 4.78 is 5.41. The van der Waals surface area contributed by atoms with Gasteiger partial charge in [0.05, 0.1) is 12.7 Å². The van der Waals surface area contributed by atoms with E-state index >= 15 is 0 Å². The van der Waals surface area contributed by atoms with Crippen LogP contribution in [0.2, 0.25) is 0 Å². The third-order valence-electron chi connectivity index (χ3n) is 2.97. The molecule has 14 heavy (non-hydrogen) atoms. The van der Waals surface area contributed by atoms with Gasteiger partial charge < -0.3 is 9.84 Å². The zero-order valence-corrected chi connectivity index (χ0v) is 8.87. The molecule has 1 N–H and O–H groups in total. The van der Waals surface area contributed by atoms with Crippen LogP contribution in [0.3, 0.4) is 0 Å². The molecule has 76 valence electrons. The molecule has 0 spiro atoms. The second-order valence-electron chi connectivity index (χ2n) is 4.17. The Bertz CT molecular complexity index is 351. The lowest BCUT2D eigenvalue weighted by Gasteiger charge is -2.18. The van der Waals surface area contributed by atoms with Gasteiger partial charge in [0.1, 0.15) is 5.60 Å². The van der Waals surface area contributed by atoms with Crippen molar-refractivity contribution < 1.29 is 9.84 Å². The maximum Gasteiger partial charge on any atom is 0.142 e. The van der Waals surface area contributed by atoms with E-state index in [4.69, 9.17) is 4.74 Å². The Morgan fingerprint density at radius 3 is 2.50 bits per heavy atom. The van der Waals surface area contributed by atoms with Crippen molar-refractivity contribution in [2.45, 2.75) is 32.5 Å². The molecule has 1 fully saturated rings. The van der Waals surface area contributed by atoms with Gasteiger partial charge in [0.2, 0.25) is 0 Å². The van der Waals surface area contributed by atoms with Crippen LogP contribution in [0.15, 0.2) is 18.2 Å². The van der Waals surface area contributed by atoms with E-state index in [9.17, 15) is 5.11 Å². The molecular weight excluding hydrogens is 176 g/mol. The Morgan fingerprint density at radius 2 is 2.07 bits per heavy atom. The molecule has 2 heteroatoms. The molecule has 0 saturated carbocycles. The van der Waals surface area contributed by atoms with Crippen molar-refractivity contribution in [3.8, 4) is 0 Å². The fourth-order valence-corrected chi connectivity index (χ4v) is 1.99. The van der Waals surface area contributed by atoms with Gasteiger partial charge >= 0.3 is 0 Å². The topological polar surface area (TPSA) is 32.8 Å². The van der Waals surface area contributed by atoms with Crippen LogP contribution in [0.4, 0.5) is 0 Å². The van der Waals surface area contributed by atoms with Crippen molar-refractivity contribution in [1.82, 2.24) is 0 Å². The average molecular weight is 192 g/mol. The number of aliphatic hydroxyl groups is 1. The van der Waals surface area contributed by atoms with E-state index in [-0.39, 0.29) is 0 Å². The lowest BCUT2D eigenvalue weighted by Crippen LogP contribution is -2.25. The van der Waals surface area contributed by atoms with Gasteiger partial charge in [-0.1, -0.05) is 23.8 Å². The Labute approximate surface area is 84.5 Å². The van der Waals surface area contributed by atoms with E-state index in [2.05, 4.69) is 32.0 Å². The average Bonchev–Trinajstić information content (AvgIpc) is 2.84. The molecule has 2 nitrogen and oxygen atoms in total. The van der Waals surface area contributed by atoms with Gasteiger partial charge in [-0.3, -0.25) is 0 Å². The lowest BCUT2D eigenvalue weighted by atomic mass is 9.90. The minimum atomic E-state index is -0.441. The fraction of sp³-hybridized carbons (Fsp3) is 0.500. The Kier molecular flexibility index (Phi) is 2.13. The SMILES string of the molecule is Cc1ccc(C2([C@H](C)O)CO2)c(C)c1. The molecule has 1 unspecified atom stereocenters. The number of rotatable bonds is 2. The maximum absolute atomic E-state index is 9.66. The molecule has 0 radical (unpaired) electrons. The molecular formula is C12H16O2. The minimum Gasteiger partial charge on any atom is -0.390 e. The zero-order valence-electron chi connectivity index (χ0n) is 8.87. The van der Waals surface area contributed by atoms with Gasteiger partial charge in [-0.2, -0.15) is 0 Å². The van der Waals surface area contributed by atoms with Crippen LogP contribution in [0.1, 0.15) is 23.6 Å². The lowest BCUT2D eigenvalue weighted by molar-refractivity contribution is 0.0883. The normalized spacial score (nSPS) is 27.4. The molecule has 1 aromatic rings. The quantitative estimate of drug-likeness (QED) is 0.726. The Hall–Kier alpha value is -0.860. The van der Waals surface area contributed by atoms with E-state index < -0.39 is 11.7 Å². The summed E-state index contributed by atoms with van der Waals surface area (Å²) in [7, 11) is 0. The van der Waals surface area contributed by atoms with Crippen molar-refractivity contribution in [3.05, 3.63) is 34.9 Å². The number of ether oxygens (including phenoxy) is 1. The van der Waals surface area contributed by atoms with Crippen LogP contribution in [0.5, 0.6) is 0 Å². The molecule has 0 aromatic heterocycles. The third-order valence-corrected chi connectivity index (χ3v) is 2.97. The highest BCUT2D eigenvalue weighted by Gasteiger charge is 2.51. The van der Waals surface area contributed by atoms with Crippen molar-refractivity contribution in [2.24, 2.45) is 0 Å². The molecule has 0 bridgehead atoms. The standard InChI is InChI=1S/C12H16O2/c1-8-4-5-11(9(2)6-8)12(7-14-12)10(3)13/h4-6,10,13H,7H2,1-3H3/t10-,12?/m0/s1. The summed E-state index contributed by atoms with van der Waals surface area (Å²) in [6.45, 7) is 6.55. The van der Waals surface area contributed by atoms with Crippen LogP contribution in [-0.4, -0.2) is 17.8 Å². The number of benzene rings is 1. The van der Waals surface area contributed by atoms with E-state index in [1.807, 2.05) is 0 Å². The van der Waals surface area contributed by atoms with E-state index in [0.717, 1.165) is 5.56 Å². The first kappa shape index (κ1) is 9.69. The second-order valence-corrected chi connectivity index (χ2v) is 4.17. The largest absolute Gasteiger partial charge is 0.390 e. The van der Waals surface area contributed by atoms with Crippen molar-refractivity contribution in [3.63, 3.8) is 0 Å². The summed E-state index contributed by atoms with van der Waals surface area (Å²) in [5.41, 5.74) is 3.15. The van der Waals surface area contributed by atoms with Crippen molar-refractivity contribution >= 4 is 0 Å². The highest BCUT2D eigenvalue weighted by molar-refractivity contribution is 5.38. The van der Waals surface area contributed by atoms with Crippen LogP contribution in [-0.2, 0) is 10.3 Å². The third kappa shape index (κ3) is 1.35. The molecule has 2 rings (SSSR count). The van der Waals surface area contributed by atoms with Gasteiger partial charge in [0, 0.05) is 0 Å². The van der Waals surface area contributed by atoms with Gasteiger partial charge in [-0.25, -0.2) is 0 Å². The maximum atomic E-state index is 9.66. The number of hydrogen-bond acceptors (Lipinski definition) is 2. The predicted molar refractivity (Wildman–Crippen MR) is 55.2 cm³/mol. The number of aryl methyl sites for hydroxylation is 2. The van der Waals surface area contributed by atoms with Crippen molar-refractivity contribution in [1.29, 1.82) is 0 Å². The smallest absolute Gasteiger partial charge is 0.142 e. The van der Waals surface area contributed by atoms with Gasteiger partial charge in [0.15, 0.2) is 0 Å². The summed E-state index contributed by atoms with van der Waals surface area (Å²) in [5.74, 6) is 0.